The second kappa shape index (κ2) is 7.08. The van der Waals surface area contributed by atoms with Crippen LogP contribution in [0.25, 0.3) is 0 Å². The van der Waals surface area contributed by atoms with Crippen molar-refractivity contribution in [1.82, 2.24) is 10.6 Å². The summed E-state index contributed by atoms with van der Waals surface area (Å²) in [5.74, 6) is 0.444. The predicted octanol–water partition coefficient (Wildman–Crippen LogP) is 1.90. The molecule has 0 aliphatic carbocycles. The van der Waals surface area contributed by atoms with Crippen LogP contribution in [-0.2, 0) is 4.79 Å². The van der Waals surface area contributed by atoms with Gasteiger partial charge < -0.3 is 20.1 Å². The van der Waals surface area contributed by atoms with Crippen LogP contribution in [0.15, 0.2) is 12.1 Å². The van der Waals surface area contributed by atoms with E-state index in [1.165, 1.54) is 0 Å². The van der Waals surface area contributed by atoms with Crippen LogP contribution in [0.4, 0.5) is 0 Å². The Bertz CT molecular complexity index is 620. The third-order valence-electron chi connectivity index (χ3n) is 3.90. The number of hydrogen-bond acceptors (Lipinski definition) is 4. The number of carbonyl (C=O) groups is 2. The highest BCUT2D eigenvalue weighted by molar-refractivity contribution is 6.32. The van der Waals surface area contributed by atoms with Crippen molar-refractivity contribution in [2.24, 2.45) is 0 Å². The lowest BCUT2D eigenvalue weighted by Crippen LogP contribution is -2.45. The van der Waals surface area contributed by atoms with Crippen LogP contribution in [0.3, 0.4) is 0 Å². The minimum atomic E-state index is -0.514. The van der Waals surface area contributed by atoms with E-state index in [1.807, 2.05) is 0 Å². The van der Waals surface area contributed by atoms with Crippen molar-refractivity contribution < 1.29 is 19.1 Å². The van der Waals surface area contributed by atoms with Gasteiger partial charge in [-0.25, -0.2) is 0 Å². The van der Waals surface area contributed by atoms with Crippen molar-refractivity contribution in [3.8, 4) is 11.5 Å². The molecule has 2 aliphatic rings. The summed E-state index contributed by atoms with van der Waals surface area (Å²) in [6.07, 6.45) is 3.21. The fourth-order valence-corrected chi connectivity index (χ4v) is 2.95. The summed E-state index contributed by atoms with van der Waals surface area (Å²) >= 11 is 6.20. The molecule has 3 rings (SSSR count). The Hall–Kier alpha value is -1.95. The second-order valence-electron chi connectivity index (χ2n) is 5.65. The molecule has 0 bridgehead atoms. The maximum absolute atomic E-state index is 12.4. The van der Waals surface area contributed by atoms with Crippen molar-refractivity contribution in [2.75, 3.05) is 19.8 Å². The van der Waals surface area contributed by atoms with Crippen LogP contribution >= 0.6 is 11.6 Å². The van der Waals surface area contributed by atoms with Crippen LogP contribution < -0.4 is 20.1 Å². The Labute approximate surface area is 139 Å². The zero-order valence-corrected chi connectivity index (χ0v) is 13.4. The number of amides is 2. The molecule has 0 spiro atoms. The standard InChI is InChI=1S/C16H19ClN2O4/c17-11-8-10(9-13-14(11)23-7-3-6-22-13)15(20)19-12-4-1-2-5-18-16(12)21/h8-9,12H,1-7H2,(H,18,21)(H,19,20). The zero-order chi connectivity index (χ0) is 16.2. The first kappa shape index (κ1) is 15.9. The van der Waals surface area contributed by atoms with E-state index in [9.17, 15) is 9.59 Å². The van der Waals surface area contributed by atoms with Crippen molar-refractivity contribution in [2.45, 2.75) is 31.7 Å². The molecular weight excluding hydrogens is 320 g/mol. The molecule has 0 saturated carbocycles. The molecule has 2 amide bonds. The lowest BCUT2D eigenvalue weighted by molar-refractivity contribution is -0.122. The van der Waals surface area contributed by atoms with E-state index in [-0.39, 0.29) is 11.8 Å². The molecule has 6 nitrogen and oxygen atoms in total. The molecule has 1 unspecified atom stereocenters. The second-order valence-corrected chi connectivity index (χ2v) is 6.06. The van der Waals surface area contributed by atoms with E-state index >= 15 is 0 Å². The van der Waals surface area contributed by atoms with Gasteiger partial charge in [-0.05, 0) is 31.4 Å². The molecule has 7 heteroatoms. The van der Waals surface area contributed by atoms with Crippen molar-refractivity contribution in [1.29, 1.82) is 0 Å². The van der Waals surface area contributed by atoms with Gasteiger partial charge in [-0.2, -0.15) is 0 Å². The summed E-state index contributed by atoms with van der Waals surface area (Å²) in [7, 11) is 0. The highest BCUT2D eigenvalue weighted by Crippen LogP contribution is 2.38. The van der Waals surface area contributed by atoms with E-state index in [0.717, 1.165) is 19.3 Å². The molecular formula is C16H19ClN2O4. The smallest absolute Gasteiger partial charge is 0.252 e. The summed E-state index contributed by atoms with van der Waals surface area (Å²) < 4.78 is 11.1. The van der Waals surface area contributed by atoms with Crippen molar-refractivity contribution in [3.05, 3.63) is 22.7 Å². The SMILES string of the molecule is O=C(NC1CCCCNC1=O)c1cc(Cl)c2c(c1)OCCCO2. The molecule has 0 aromatic heterocycles. The van der Waals surface area contributed by atoms with Crippen LogP contribution in [0.5, 0.6) is 11.5 Å². The zero-order valence-electron chi connectivity index (χ0n) is 12.7. The van der Waals surface area contributed by atoms with E-state index in [0.29, 0.717) is 48.3 Å². The molecule has 124 valence electrons. The summed E-state index contributed by atoms with van der Waals surface area (Å²) in [6, 6.07) is 2.63. The summed E-state index contributed by atoms with van der Waals surface area (Å²) in [6.45, 7) is 1.70. The Morgan fingerprint density at radius 1 is 1.22 bits per heavy atom. The Morgan fingerprint density at radius 3 is 2.91 bits per heavy atom. The maximum atomic E-state index is 12.4. The summed E-state index contributed by atoms with van der Waals surface area (Å²) in [4.78, 5) is 24.4. The summed E-state index contributed by atoms with van der Waals surface area (Å²) in [5, 5.41) is 5.90. The molecule has 2 aliphatic heterocycles. The van der Waals surface area contributed by atoms with E-state index < -0.39 is 6.04 Å². The Morgan fingerprint density at radius 2 is 2.04 bits per heavy atom. The molecule has 1 fully saturated rings. The maximum Gasteiger partial charge on any atom is 0.252 e. The quantitative estimate of drug-likeness (QED) is 0.863. The third kappa shape index (κ3) is 3.69. The minimum absolute atomic E-state index is 0.142. The first-order valence-corrected chi connectivity index (χ1v) is 8.20. The van der Waals surface area contributed by atoms with Crippen LogP contribution in [-0.4, -0.2) is 37.6 Å². The number of ether oxygens (including phenoxy) is 2. The highest BCUT2D eigenvalue weighted by Gasteiger charge is 2.24. The molecule has 1 aromatic carbocycles. The lowest BCUT2D eigenvalue weighted by Gasteiger charge is -2.16. The van der Waals surface area contributed by atoms with Crippen molar-refractivity contribution >= 4 is 23.4 Å². The van der Waals surface area contributed by atoms with Gasteiger partial charge in [0.15, 0.2) is 11.5 Å². The van der Waals surface area contributed by atoms with Gasteiger partial charge in [0, 0.05) is 18.5 Å². The van der Waals surface area contributed by atoms with Gasteiger partial charge in [-0.3, -0.25) is 9.59 Å². The largest absolute Gasteiger partial charge is 0.489 e. The summed E-state index contributed by atoms with van der Waals surface area (Å²) in [5.41, 5.74) is 0.358. The van der Waals surface area contributed by atoms with Gasteiger partial charge in [0.25, 0.3) is 5.91 Å². The van der Waals surface area contributed by atoms with E-state index in [4.69, 9.17) is 21.1 Å². The average molecular weight is 339 g/mol. The molecule has 1 saturated heterocycles. The lowest BCUT2D eigenvalue weighted by atomic mass is 10.1. The number of carbonyl (C=O) groups excluding carboxylic acids is 2. The first-order valence-electron chi connectivity index (χ1n) is 7.83. The highest BCUT2D eigenvalue weighted by atomic mass is 35.5. The van der Waals surface area contributed by atoms with Gasteiger partial charge in [0.2, 0.25) is 5.91 Å². The van der Waals surface area contributed by atoms with Crippen molar-refractivity contribution in [3.63, 3.8) is 0 Å². The van der Waals surface area contributed by atoms with Crippen LogP contribution in [0, 0.1) is 0 Å². The monoisotopic (exact) mass is 338 g/mol. The predicted molar refractivity (Wildman–Crippen MR) is 85.2 cm³/mol. The van der Waals surface area contributed by atoms with Crippen LogP contribution in [0.2, 0.25) is 5.02 Å². The fourth-order valence-electron chi connectivity index (χ4n) is 2.68. The number of nitrogens with one attached hydrogen (secondary N) is 2. The topological polar surface area (TPSA) is 76.7 Å². The molecule has 2 heterocycles. The number of rotatable bonds is 2. The normalized spacial score (nSPS) is 20.9. The number of fused-ring (bicyclic) bond motifs is 1. The van der Waals surface area contributed by atoms with E-state index in [1.54, 1.807) is 12.1 Å². The molecule has 1 atom stereocenters. The van der Waals surface area contributed by atoms with Gasteiger partial charge in [-0.1, -0.05) is 11.6 Å². The average Bonchev–Trinajstić information content (AvgIpc) is 2.88. The van der Waals surface area contributed by atoms with Gasteiger partial charge in [-0.15, -0.1) is 0 Å². The number of halogens is 1. The van der Waals surface area contributed by atoms with Gasteiger partial charge in [0.1, 0.15) is 6.04 Å². The first-order chi connectivity index (χ1) is 11.1. The third-order valence-corrected chi connectivity index (χ3v) is 4.19. The molecule has 1 aromatic rings. The molecule has 2 N–H and O–H groups in total. The fraction of sp³-hybridized carbons (Fsp3) is 0.500. The number of benzene rings is 1. The Kier molecular flexibility index (Phi) is 4.91. The molecule has 23 heavy (non-hydrogen) atoms. The molecule has 0 radical (unpaired) electrons. The number of hydrogen-bond donors (Lipinski definition) is 2. The Balaban J connectivity index is 1.78. The van der Waals surface area contributed by atoms with Gasteiger partial charge in [0.05, 0.1) is 18.2 Å². The minimum Gasteiger partial charge on any atom is -0.489 e. The van der Waals surface area contributed by atoms with E-state index in [2.05, 4.69) is 10.6 Å². The van der Waals surface area contributed by atoms with Crippen LogP contribution in [0.1, 0.15) is 36.0 Å². The van der Waals surface area contributed by atoms with Gasteiger partial charge >= 0.3 is 0 Å².